The monoisotopic (exact) mass is 384 g/mol. The van der Waals surface area contributed by atoms with Gasteiger partial charge in [0.2, 0.25) is 5.89 Å². The van der Waals surface area contributed by atoms with Crippen LogP contribution in [0, 0.1) is 6.92 Å². The number of rotatable bonds is 4. The summed E-state index contributed by atoms with van der Waals surface area (Å²) in [5.74, 6) is 2.08. The summed E-state index contributed by atoms with van der Waals surface area (Å²) in [6, 6.07) is -0.144. The smallest absolute Gasteiger partial charge is 0.274 e. The first-order chi connectivity index (χ1) is 13.5. The third-order valence-electron chi connectivity index (χ3n) is 5.49. The van der Waals surface area contributed by atoms with Crippen LogP contribution in [0.4, 0.5) is 0 Å². The number of nitrogens with zero attached hydrogens (tertiary/aromatic N) is 6. The van der Waals surface area contributed by atoms with Crippen LogP contribution in [0.5, 0.6) is 0 Å². The Balaban J connectivity index is 1.46. The molecule has 2 aliphatic heterocycles. The minimum atomic E-state index is -0.144. The number of carbonyl (C=O) groups is 1. The van der Waals surface area contributed by atoms with Gasteiger partial charge < -0.3 is 14.0 Å². The van der Waals surface area contributed by atoms with E-state index in [4.69, 9.17) is 4.52 Å². The molecule has 2 aliphatic rings. The molecule has 1 saturated heterocycles. The van der Waals surface area contributed by atoms with E-state index in [9.17, 15) is 4.79 Å². The van der Waals surface area contributed by atoms with Crippen molar-refractivity contribution in [1.82, 2.24) is 29.5 Å². The van der Waals surface area contributed by atoms with Gasteiger partial charge >= 0.3 is 0 Å². The molecular weight excluding hydrogens is 356 g/mol. The number of fused-ring (bicyclic) bond motifs is 1. The summed E-state index contributed by atoms with van der Waals surface area (Å²) in [4.78, 5) is 26.4. The van der Waals surface area contributed by atoms with E-state index in [1.807, 2.05) is 11.1 Å². The van der Waals surface area contributed by atoms with Gasteiger partial charge in [-0.05, 0) is 33.6 Å². The van der Waals surface area contributed by atoms with Gasteiger partial charge in [-0.3, -0.25) is 9.69 Å². The molecule has 8 heteroatoms. The highest BCUT2D eigenvalue weighted by Gasteiger charge is 2.35. The van der Waals surface area contributed by atoms with E-state index in [-0.39, 0.29) is 11.9 Å². The number of allylic oxidation sites excluding steroid dienone is 1. The van der Waals surface area contributed by atoms with Crippen molar-refractivity contribution in [2.45, 2.75) is 52.6 Å². The number of hydrogen-bond donors (Lipinski definition) is 0. The van der Waals surface area contributed by atoms with Crippen LogP contribution in [0.15, 0.2) is 22.4 Å². The molecule has 1 amide bonds. The Labute approximate surface area is 165 Å². The molecule has 0 spiro atoms. The van der Waals surface area contributed by atoms with Crippen LogP contribution in [-0.4, -0.2) is 61.6 Å². The third kappa shape index (κ3) is 3.87. The van der Waals surface area contributed by atoms with Crippen LogP contribution in [0.1, 0.15) is 60.8 Å². The summed E-state index contributed by atoms with van der Waals surface area (Å²) in [6.07, 6.45) is 6.81. The van der Waals surface area contributed by atoms with Crippen LogP contribution in [0.2, 0.25) is 0 Å². The van der Waals surface area contributed by atoms with Crippen molar-refractivity contribution in [3.63, 3.8) is 0 Å². The van der Waals surface area contributed by atoms with Crippen molar-refractivity contribution in [2.75, 3.05) is 26.2 Å². The van der Waals surface area contributed by atoms with Crippen LogP contribution >= 0.6 is 0 Å². The van der Waals surface area contributed by atoms with Crippen LogP contribution in [0.25, 0.3) is 0 Å². The van der Waals surface area contributed by atoms with Crippen molar-refractivity contribution in [3.8, 4) is 0 Å². The normalized spacial score (nSPS) is 20.1. The van der Waals surface area contributed by atoms with Crippen LogP contribution in [0.3, 0.4) is 0 Å². The number of aryl methyl sites for hydroxylation is 1. The molecule has 8 nitrogen and oxygen atoms in total. The fraction of sp³-hybridized carbons (Fsp3) is 0.600. The van der Waals surface area contributed by atoms with Crippen LogP contribution < -0.4 is 0 Å². The maximum Gasteiger partial charge on any atom is 0.274 e. The van der Waals surface area contributed by atoms with Crippen molar-refractivity contribution >= 4 is 5.91 Å². The molecule has 0 aliphatic carbocycles. The second kappa shape index (κ2) is 7.87. The molecule has 4 heterocycles. The largest absolute Gasteiger partial charge is 0.337 e. The summed E-state index contributed by atoms with van der Waals surface area (Å²) < 4.78 is 7.46. The van der Waals surface area contributed by atoms with Crippen molar-refractivity contribution < 1.29 is 9.32 Å². The summed E-state index contributed by atoms with van der Waals surface area (Å²) in [7, 11) is 0. The molecule has 0 aromatic carbocycles. The first-order valence-electron chi connectivity index (χ1n) is 10.0. The number of aromatic nitrogens is 4. The zero-order valence-corrected chi connectivity index (χ0v) is 16.9. The number of likely N-dealkylation sites (tertiary alicyclic amines) is 1. The Morgan fingerprint density at radius 1 is 1.25 bits per heavy atom. The molecule has 4 rings (SSSR count). The average molecular weight is 384 g/mol. The zero-order chi connectivity index (χ0) is 19.7. The highest BCUT2D eigenvalue weighted by Crippen LogP contribution is 2.32. The van der Waals surface area contributed by atoms with Crippen molar-refractivity contribution in [1.29, 1.82) is 0 Å². The maximum absolute atomic E-state index is 13.1. The average Bonchev–Trinajstić information content (AvgIpc) is 3.37. The molecule has 2 aromatic heterocycles. The molecule has 150 valence electrons. The minimum absolute atomic E-state index is 0.0414. The minimum Gasteiger partial charge on any atom is -0.337 e. The Kier molecular flexibility index (Phi) is 5.30. The van der Waals surface area contributed by atoms with Gasteiger partial charge in [0.15, 0.2) is 5.82 Å². The summed E-state index contributed by atoms with van der Waals surface area (Å²) in [6.45, 7) is 10.5. The molecule has 28 heavy (non-hydrogen) atoms. The molecular formula is C20H28N6O2. The van der Waals surface area contributed by atoms with Gasteiger partial charge in [-0.1, -0.05) is 16.8 Å². The Bertz CT molecular complexity index is 854. The maximum atomic E-state index is 13.1. The number of imidazole rings is 1. The fourth-order valence-electron chi connectivity index (χ4n) is 3.93. The van der Waals surface area contributed by atoms with E-state index in [1.165, 1.54) is 5.57 Å². The standard InChI is InChI=1S/C20H28N6O2/c1-14(2)6-9-24-10-7-18-22-16(13-25(18)12-11-24)20(27)26-8-4-5-17(26)19-21-15(3)23-28-19/h6,13,17H,4-5,7-12H2,1-3H3/t17-/m0/s1. The van der Waals surface area contributed by atoms with Gasteiger partial charge in [0, 0.05) is 45.3 Å². The highest BCUT2D eigenvalue weighted by molar-refractivity contribution is 5.92. The molecule has 0 unspecified atom stereocenters. The van der Waals surface area contributed by atoms with E-state index in [2.05, 4.69) is 44.5 Å². The lowest BCUT2D eigenvalue weighted by Gasteiger charge is -2.20. The first-order valence-corrected chi connectivity index (χ1v) is 10.0. The molecule has 2 aromatic rings. The Morgan fingerprint density at radius 3 is 2.86 bits per heavy atom. The van der Waals surface area contributed by atoms with E-state index in [0.29, 0.717) is 24.0 Å². The molecule has 0 radical (unpaired) electrons. The molecule has 1 atom stereocenters. The quantitative estimate of drug-likeness (QED) is 0.753. The predicted octanol–water partition coefficient (Wildman–Crippen LogP) is 2.38. The van der Waals surface area contributed by atoms with E-state index in [0.717, 1.165) is 51.3 Å². The van der Waals surface area contributed by atoms with Crippen molar-refractivity contribution in [3.05, 3.63) is 41.1 Å². The van der Waals surface area contributed by atoms with Gasteiger partial charge in [-0.2, -0.15) is 4.98 Å². The third-order valence-corrected chi connectivity index (χ3v) is 5.49. The number of hydrogen-bond acceptors (Lipinski definition) is 6. The van der Waals surface area contributed by atoms with Gasteiger partial charge in [-0.15, -0.1) is 0 Å². The highest BCUT2D eigenvalue weighted by atomic mass is 16.5. The first kappa shape index (κ1) is 18.9. The van der Waals surface area contributed by atoms with E-state index < -0.39 is 0 Å². The zero-order valence-electron chi connectivity index (χ0n) is 16.9. The van der Waals surface area contributed by atoms with Crippen LogP contribution in [-0.2, 0) is 13.0 Å². The second-order valence-electron chi connectivity index (χ2n) is 7.90. The lowest BCUT2D eigenvalue weighted by Crippen LogP contribution is -2.31. The van der Waals surface area contributed by atoms with Gasteiger partial charge in [0.25, 0.3) is 5.91 Å². The van der Waals surface area contributed by atoms with Gasteiger partial charge in [0.1, 0.15) is 17.6 Å². The molecule has 0 bridgehead atoms. The Hall–Kier alpha value is -2.48. The van der Waals surface area contributed by atoms with Gasteiger partial charge in [0.05, 0.1) is 0 Å². The molecule has 0 saturated carbocycles. The summed E-state index contributed by atoms with van der Waals surface area (Å²) in [5.41, 5.74) is 1.86. The second-order valence-corrected chi connectivity index (χ2v) is 7.90. The molecule has 0 N–H and O–H groups in total. The summed E-state index contributed by atoms with van der Waals surface area (Å²) >= 11 is 0. The summed E-state index contributed by atoms with van der Waals surface area (Å²) in [5, 5.41) is 3.87. The van der Waals surface area contributed by atoms with E-state index >= 15 is 0 Å². The SMILES string of the molecule is CC(C)=CCN1CCc2nc(C(=O)N3CCC[C@H]3c3nc(C)no3)cn2CC1. The lowest BCUT2D eigenvalue weighted by molar-refractivity contribution is 0.0704. The molecule has 1 fully saturated rings. The fourth-order valence-corrected chi connectivity index (χ4v) is 3.93. The lowest BCUT2D eigenvalue weighted by atomic mass is 10.2. The topological polar surface area (TPSA) is 80.3 Å². The van der Waals surface area contributed by atoms with Gasteiger partial charge in [-0.25, -0.2) is 4.98 Å². The predicted molar refractivity (Wildman–Crippen MR) is 104 cm³/mol. The van der Waals surface area contributed by atoms with Crippen molar-refractivity contribution in [2.24, 2.45) is 0 Å². The van der Waals surface area contributed by atoms with E-state index in [1.54, 1.807) is 6.92 Å². The number of carbonyl (C=O) groups excluding carboxylic acids is 1. The number of amides is 1. The Morgan fingerprint density at radius 2 is 2.11 bits per heavy atom.